The minimum Gasteiger partial charge on any atom is -1.00 e. The fraction of sp³-hybridized carbons (Fsp3) is 0. The molecule has 0 aliphatic carbocycles. The number of rotatable bonds is 0. The minimum absolute atomic E-state index is 0. The second kappa shape index (κ2) is 36.0. The normalized spacial score (nSPS) is 2.70. The van der Waals surface area contributed by atoms with Gasteiger partial charge in [0.2, 0.25) is 0 Å². The van der Waals surface area contributed by atoms with Crippen molar-refractivity contribution < 1.29 is 283 Å². The Morgan fingerprint density at radius 2 is 0.700 bits per heavy atom. The first-order valence-corrected chi connectivity index (χ1v) is 0.707. The Kier molecular flexibility index (Phi) is 155. The summed E-state index contributed by atoms with van der Waals surface area (Å²) >= 11 is 0. The molecule has 0 spiro atoms. The van der Waals surface area contributed by atoms with E-state index in [2.05, 4.69) is 0 Å². The van der Waals surface area contributed by atoms with E-state index in [4.69, 9.17) is 15.1 Å². The van der Waals surface area contributed by atoms with Crippen LogP contribution in [0.2, 0.25) is 0 Å². The summed E-state index contributed by atoms with van der Waals surface area (Å²) in [6.45, 7) is 0. The summed E-state index contributed by atoms with van der Waals surface area (Å²) in [5.41, 5.74) is 0. The molecule has 0 bridgehead atoms. The first kappa shape index (κ1) is 43.0. The average Bonchev–Trinajstić information content (AvgIpc) is 0.811. The van der Waals surface area contributed by atoms with Gasteiger partial charge in [0.15, 0.2) is 0 Å². The molecule has 0 aliphatic rings. The molecule has 0 unspecified atom stereocenters. The molecule has 0 N–H and O–H groups in total. The van der Waals surface area contributed by atoms with Crippen molar-refractivity contribution in [3.63, 3.8) is 0 Å². The van der Waals surface area contributed by atoms with Gasteiger partial charge in [-0.2, -0.15) is 0 Å². The zero-order valence-corrected chi connectivity index (χ0v) is 26.6. The van der Waals surface area contributed by atoms with Crippen LogP contribution in [0.5, 0.6) is 0 Å². The molecule has 0 rings (SSSR count). The Balaban J connectivity index is -0.00000000125. The first-order chi connectivity index (χ1) is 1.73. The van der Waals surface area contributed by atoms with E-state index in [0.717, 1.165) is 0 Å². The summed E-state index contributed by atoms with van der Waals surface area (Å²) in [4.78, 5) is 0. The standard InChI is InChI=1S/BO3.3Cs.3Li.3H/c2-1(3)4;;;;;;;;;/q-3;6*+1;3*-1. The smallest absolute Gasteiger partial charge is 1.00 e. The van der Waals surface area contributed by atoms with Crippen LogP contribution < -0.4 is 278 Å². The van der Waals surface area contributed by atoms with E-state index < -0.39 is 7.32 Å². The zero-order chi connectivity index (χ0) is 3.58. The number of hydrogen-bond donors (Lipinski definition) is 0. The van der Waals surface area contributed by atoms with E-state index in [1.165, 1.54) is 0 Å². The molecular formula is H3BCs3Li3O3. The van der Waals surface area contributed by atoms with Crippen molar-refractivity contribution in [2.75, 3.05) is 0 Å². The van der Waals surface area contributed by atoms with E-state index in [9.17, 15) is 0 Å². The maximum absolute atomic E-state index is 8.42. The number of hydrogen-bond acceptors (Lipinski definition) is 3. The molecule has 0 amide bonds. The fourth-order valence-corrected chi connectivity index (χ4v) is 0. The van der Waals surface area contributed by atoms with Crippen molar-refractivity contribution in [3.05, 3.63) is 0 Å². The Morgan fingerprint density at radius 3 is 0.700 bits per heavy atom. The fourth-order valence-electron chi connectivity index (χ4n) is 0. The van der Waals surface area contributed by atoms with E-state index in [1.807, 2.05) is 0 Å². The van der Waals surface area contributed by atoms with Gasteiger partial charge in [0.1, 0.15) is 0 Å². The SMILES string of the molecule is [Cs+].[Cs+].[Cs+].[H-].[H-].[H-].[Li+].[Li+].[Li+].[O-]B([O-])[O-]. The van der Waals surface area contributed by atoms with Crippen LogP contribution in [0, 0.1) is 0 Å². The molecule has 10 heavy (non-hydrogen) atoms. The van der Waals surface area contributed by atoms with Crippen molar-refractivity contribution in [1.82, 2.24) is 0 Å². The van der Waals surface area contributed by atoms with Crippen molar-refractivity contribution in [2.24, 2.45) is 0 Å². The van der Waals surface area contributed by atoms with Gasteiger partial charge in [0, 0.05) is 0 Å². The van der Waals surface area contributed by atoms with Gasteiger partial charge in [-0.1, -0.05) is 0 Å². The predicted molar refractivity (Wildman–Crippen MR) is 9.09 cm³/mol. The van der Waals surface area contributed by atoms with Crippen LogP contribution in [0.3, 0.4) is 0 Å². The largest absolute Gasteiger partial charge is 1.00 e. The molecule has 0 aromatic heterocycles. The Morgan fingerprint density at radius 1 is 0.700 bits per heavy atom. The molecule has 0 aliphatic heterocycles. The van der Waals surface area contributed by atoms with E-state index in [0.29, 0.717) is 0 Å². The Hall–Kier alpha value is 7.89. The van der Waals surface area contributed by atoms with E-state index in [-0.39, 0.29) is 268 Å². The van der Waals surface area contributed by atoms with Gasteiger partial charge in [0.25, 0.3) is 0 Å². The maximum Gasteiger partial charge on any atom is 1.00 e. The molecule has 0 radical (unpaired) electrons. The molecule has 0 saturated carbocycles. The maximum atomic E-state index is 8.42. The second-order valence-corrected chi connectivity index (χ2v) is 0.289. The van der Waals surface area contributed by atoms with E-state index in [1.54, 1.807) is 0 Å². The monoisotopic (exact) mass is 482 g/mol. The van der Waals surface area contributed by atoms with Crippen molar-refractivity contribution in [2.45, 2.75) is 0 Å². The molecule has 10 heteroatoms. The van der Waals surface area contributed by atoms with Gasteiger partial charge >= 0.3 is 263 Å². The van der Waals surface area contributed by atoms with E-state index >= 15 is 0 Å². The van der Waals surface area contributed by atoms with Gasteiger partial charge < -0.3 is 19.4 Å². The summed E-state index contributed by atoms with van der Waals surface area (Å²) in [6, 6.07) is 0. The minimum atomic E-state index is -2.92. The van der Waals surface area contributed by atoms with Crippen molar-refractivity contribution >= 4 is 7.32 Å². The summed E-state index contributed by atoms with van der Waals surface area (Å²) in [5, 5.41) is 25.2. The van der Waals surface area contributed by atoms with Gasteiger partial charge in [-0.3, -0.25) is 7.32 Å². The van der Waals surface area contributed by atoms with Crippen molar-refractivity contribution in [1.29, 1.82) is 0 Å². The van der Waals surface area contributed by atoms with Gasteiger partial charge in [-0.05, 0) is 0 Å². The summed E-state index contributed by atoms with van der Waals surface area (Å²) < 4.78 is 0. The Bertz CT molecular complexity index is 33.8. The third-order valence-electron chi connectivity index (χ3n) is 0. The quantitative estimate of drug-likeness (QED) is 0.323. The second-order valence-electron chi connectivity index (χ2n) is 0.289. The summed E-state index contributed by atoms with van der Waals surface area (Å²) in [7, 11) is -2.92. The van der Waals surface area contributed by atoms with Gasteiger partial charge in [-0.15, -0.1) is 0 Å². The average molecular weight is 481 g/mol. The van der Waals surface area contributed by atoms with Crippen molar-refractivity contribution in [3.8, 4) is 0 Å². The zero-order valence-electron chi connectivity index (χ0n) is 10.8. The van der Waals surface area contributed by atoms with Gasteiger partial charge in [0.05, 0.1) is 0 Å². The molecule has 30 valence electrons. The molecule has 0 saturated heterocycles. The molecule has 0 aromatic rings. The third kappa shape index (κ3) is 56.6. The van der Waals surface area contributed by atoms with Crippen LogP contribution in [-0.4, -0.2) is 7.32 Å². The van der Waals surface area contributed by atoms with Gasteiger partial charge in [-0.25, -0.2) is 0 Å². The first-order valence-electron chi connectivity index (χ1n) is 0.707. The molecule has 0 atom stereocenters. The van der Waals surface area contributed by atoms with Crippen LogP contribution in [0.15, 0.2) is 0 Å². The van der Waals surface area contributed by atoms with Crippen LogP contribution in [0.1, 0.15) is 4.28 Å². The topological polar surface area (TPSA) is 69.2 Å². The Labute approximate surface area is 279 Å². The predicted octanol–water partition coefficient (Wildman–Crippen LogP) is -21.6. The molecular weight excluding hydrogens is 478 g/mol. The molecule has 3 nitrogen and oxygen atoms in total. The van der Waals surface area contributed by atoms with Crippen LogP contribution in [-0.2, 0) is 0 Å². The molecule has 0 heterocycles. The van der Waals surface area contributed by atoms with Crippen LogP contribution >= 0.6 is 0 Å². The summed E-state index contributed by atoms with van der Waals surface area (Å²) in [6.07, 6.45) is 0. The third-order valence-corrected chi connectivity index (χ3v) is 0. The molecule has 0 fully saturated rings. The van der Waals surface area contributed by atoms with Crippen LogP contribution in [0.4, 0.5) is 0 Å². The van der Waals surface area contributed by atoms with Crippen LogP contribution in [0.25, 0.3) is 0 Å². The summed E-state index contributed by atoms with van der Waals surface area (Å²) in [5.74, 6) is 0. The molecule has 0 aromatic carbocycles.